The number of nitrogens with one attached hydrogen (secondary N) is 1. The lowest BCUT2D eigenvalue weighted by atomic mass is 10.0. The molecular weight excluding hydrogens is 302 g/mol. The van der Waals surface area contributed by atoms with Gasteiger partial charge in [0, 0.05) is 24.3 Å². The quantitative estimate of drug-likeness (QED) is 0.874. The summed E-state index contributed by atoms with van der Waals surface area (Å²) in [5.74, 6) is 1.52. The molecule has 24 heavy (non-hydrogen) atoms. The van der Waals surface area contributed by atoms with Crippen LogP contribution in [0.25, 0.3) is 0 Å². The Bertz CT molecular complexity index is 686. The number of ether oxygens (including phenoxy) is 2. The van der Waals surface area contributed by atoms with Crippen molar-refractivity contribution in [2.24, 2.45) is 0 Å². The number of hydrogen-bond acceptors (Lipinski definition) is 4. The predicted octanol–water partition coefficient (Wildman–Crippen LogP) is 3.81. The number of rotatable bonds is 6. The van der Waals surface area contributed by atoms with Crippen LogP contribution in [0.2, 0.25) is 0 Å². The molecule has 0 aliphatic rings. The summed E-state index contributed by atoms with van der Waals surface area (Å²) in [6.07, 6.45) is 4.02. The van der Waals surface area contributed by atoms with E-state index in [0.717, 1.165) is 18.0 Å². The van der Waals surface area contributed by atoms with Crippen molar-refractivity contribution >= 4 is 0 Å². The molecule has 2 aromatic rings. The highest BCUT2D eigenvalue weighted by molar-refractivity contribution is 5.48. The Morgan fingerprint density at radius 1 is 1.17 bits per heavy atom. The maximum atomic E-state index is 5.42. The number of aryl methyl sites for hydroxylation is 1. The van der Waals surface area contributed by atoms with E-state index in [1.165, 1.54) is 16.7 Å². The Labute approximate surface area is 145 Å². The molecule has 1 aromatic carbocycles. The van der Waals surface area contributed by atoms with Gasteiger partial charge < -0.3 is 14.8 Å². The van der Waals surface area contributed by atoms with Crippen LogP contribution in [0.4, 0.5) is 0 Å². The fraction of sp³-hybridized carbons (Fsp3) is 0.526. The van der Waals surface area contributed by atoms with Crippen LogP contribution in [0.15, 0.2) is 24.5 Å². The minimum Gasteiger partial charge on any atom is -0.493 e. The summed E-state index contributed by atoms with van der Waals surface area (Å²) >= 11 is 0. The van der Waals surface area contributed by atoms with E-state index in [-0.39, 0.29) is 11.6 Å². The average molecular weight is 331 g/mol. The van der Waals surface area contributed by atoms with Crippen molar-refractivity contribution in [3.63, 3.8) is 0 Å². The topological polar surface area (TPSA) is 48.3 Å². The van der Waals surface area contributed by atoms with Crippen molar-refractivity contribution in [1.82, 2.24) is 15.1 Å². The summed E-state index contributed by atoms with van der Waals surface area (Å²) in [4.78, 5) is 0. The summed E-state index contributed by atoms with van der Waals surface area (Å²) in [5.41, 5.74) is 3.56. The molecule has 2 rings (SSSR count). The first-order valence-corrected chi connectivity index (χ1v) is 8.26. The molecule has 0 amide bonds. The van der Waals surface area contributed by atoms with E-state index in [2.05, 4.69) is 51.2 Å². The van der Waals surface area contributed by atoms with Crippen molar-refractivity contribution in [2.45, 2.75) is 52.7 Å². The van der Waals surface area contributed by atoms with Gasteiger partial charge in [0.2, 0.25) is 0 Å². The second-order valence-electron chi connectivity index (χ2n) is 7.13. The number of hydrogen-bond donors (Lipinski definition) is 1. The number of aromatic nitrogens is 2. The van der Waals surface area contributed by atoms with E-state index in [4.69, 9.17) is 9.47 Å². The monoisotopic (exact) mass is 331 g/mol. The van der Waals surface area contributed by atoms with Crippen LogP contribution in [0.5, 0.6) is 11.5 Å². The molecule has 5 nitrogen and oxygen atoms in total. The Balaban J connectivity index is 2.10. The zero-order valence-electron chi connectivity index (χ0n) is 15.8. The van der Waals surface area contributed by atoms with Crippen LogP contribution < -0.4 is 14.8 Å². The van der Waals surface area contributed by atoms with Crippen molar-refractivity contribution < 1.29 is 9.47 Å². The van der Waals surface area contributed by atoms with Crippen LogP contribution in [0.3, 0.4) is 0 Å². The van der Waals surface area contributed by atoms with Crippen LogP contribution in [-0.4, -0.2) is 24.0 Å². The summed E-state index contributed by atoms with van der Waals surface area (Å²) in [7, 11) is 3.32. The molecule has 132 valence electrons. The third kappa shape index (κ3) is 4.09. The standard InChI is InChI=1S/C19H29N3O2/c1-13-8-17(23-6)18(24-7)9-16(13)14(2)20-10-15-11-21-22(12-15)19(3,4)5/h8-9,11-12,14,20H,10H2,1-7H3/t14-/m1/s1. The molecule has 1 N–H and O–H groups in total. The van der Waals surface area contributed by atoms with Crippen molar-refractivity contribution in [2.75, 3.05) is 14.2 Å². The summed E-state index contributed by atoms with van der Waals surface area (Å²) < 4.78 is 12.8. The van der Waals surface area contributed by atoms with Gasteiger partial charge in [0.05, 0.1) is 26.0 Å². The highest BCUT2D eigenvalue weighted by Crippen LogP contribution is 2.32. The number of methoxy groups -OCH3 is 2. The largest absolute Gasteiger partial charge is 0.493 e. The molecule has 1 heterocycles. The minimum absolute atomic E-state index is 0.00377. The fourth-order valence-electron chi connectivity index (χ4n) is 2.66. The molecule has 0 aliphatic heterocycles. The molecule has 0 spiro atoms. The highest BCUT2D eigenvalue weighted by Gasteiger charge is 2.16. The van der Waals surface area contributed by atoms with E-state index in [1.807, 2.05) is 23.0 Å². The van der Waals surface area contributed by atoms with E-state index in [0.29, 0.717) is 0 Å². The molecule has 1 atom stereocenters. The van der Waals surface area contributed by atoms with Crippen LogP contribution in [0, 0.1) is 6.92 Å². The molecule has 0 saturated carbocycles. The van der Waals surface area contributed by atoms with Gasteiger partial charge in [-0.25, -0.2) is 0 Å². The summed E-state index contributed by atoms with van der Waals surface area (Å²) in [5, 5.41) is 8.01. The molecular formula is C19H29N3O2. The van der Waals surface area contributed by atoms with Gasteiger partial charge in [-0.2, -0.15) is 5.10 Å². The maximum Gasteiger partial charge on any atom is 0.161 e. The Morgan fingerprint density at radius 3 is 2.33 bits per heavy atom. The van der Waals surface area contributed by atoms with Gasteiger partial charge in [0.15, 0.2) is 11.5 Å². The first kappa shape index (κ1) is 18.3. The van der Waals surface area contributed by atoms with Gasteiger partial charge in [-0.15, -0.1) is 0 Å². The highest BCUT2D eigenvalue weighted by atomic mass is 16.5. The van der Waals surface area contributed by atoms with Crippen molar-refractivity contribution in [1.29, 1.82) is 0 Å². The van der Waals surface area contributed by atoms with Gasteiger partial charge in [0.1, 0.15) is 0 Å². The molecule has 1 aromatic heterocycles. The van der Waals surface area contributed by atoms with Gasteiger partial charge in [-0.1, -0.05) is 0 Å². The Kier molecular flexibility index (Phi) is 5.54. The lowest BCUT2D eigenvalue weighted by Crippen LogP contribution is -2.22. The molecule has 0 bridgehead atoms. The lowest BCUT2D eigenvalue weighted by Gasteiger charge is -2.19. The van der Waals surface area contributed by atoms with Gasteiger partial charge in [-0.3, -0.25) is 4.68 Å². The van der Waals surface area contributed by atoms with Crippen molar-refractivity contribution in [3.8, 4) is 11.5 Å². The third-order valence-electron chi connectivity index (χ3n) is 4.17. The molecule has 0 radical (unpaired) electrons. The van der Waals surface area contributed by atoms with Gasteiger partial charge in [0.25, 0.3) is 0 Å². The third-order valence-corrected chi connectivity index (χ3v) is 4.17. The fourth-order valence-corrected chi connectivity index (χ4v) is 2.66. The first-order chi connectivity index (χ1) is 11.3. The number of nitrogens with zero attached hydrogens (tertiary/aromatic N) is 2. The van der Waals surface area contributed by atoms with Crippen LogP contribution in [-0.2, 0) is 12.1 Å². The minimum atomic E-state index is 0.00377. The second-order valence-corrected chi connectivity index (χ2v) is 7.13. The zero-order valence-corrected chi connectivity index (χ0v) is 15.8. The SMILES string of the molecule is COc1cc(C)c([C@@H](C)NCc2cnn(C(C)(C)C)c2)cc1OC. The summed E-state index contributed by atoms with van der Waals surface area (Å²) in [6.45, 7) is 11.5. The Hall–Kier alpha value is -2.01. The molecule has 0 unspecified atom stereocenters. The molecule has 0 fully saturated rings. The smallest absolute Gasteiger partial charge is 0.161 e. The van der Waals surface area contributed by atoms with E-state index in [9.17, 15) is 0 Å². The van der Waals surface area contributed by atoms with E-state index in [1.54, 1.807) is 14.2 Å². The van der Waals surface area contributed by atoms with E-state index >= 15 is 0 Å². The summed E-state index contributed by atoms with van der Waals surface area (Å²) in [6, 6.07) is 4.26. The van der Waals surface area contributed by atoms with Gasteiger partial charge >= 0.3 is 0 Å². The normalized spacial score (nSPS) is 13.0. The molecule has 0 aliphatic carbocycles. The predicted molar refractivity (Wildman–Crippen MR) is 96.8 cm³/mol. The van der Waals surface area contributed by atoms with Crippen LogP contribution >= 0.6 is 0 Å². The Morgan fingerprint density at radius 2 is 1.79 bits per heavy atom. The zero-order chi connectivity index (χ0) is 17.9. The second kappa shape index (κ2) is 7.26. The maximum absolute atomic E-state index is 5.42. The number of benzene rings is 1. The van der Waals surface area contributed by atoms with E-state index < -0.39 is 0 Å². The van der Waals surface area contributed by atoms with Gasteiger partial charge in [-0.05, 0) is 57.9 Å². The first-order valence-electron chi connectivity index (χ1n) is 8.26. The molecule has 0 saturated heterocycles. The lowest BCUT2D eigenvalue weighted by molar-refractivity contribution is 0.353. The average Bonchev–Trinajstić information content (AvgIpc) is 3.01. The molecule has 5 heteroatoms. The van der Waals surface area contributed by atoms with Crippen molar-refractivity contribution in [3.05, 3.63) is 41.2 Å². The van der Waals surface area contributed by atoms with Crippen LogP contribution in [0.1, 0.15) is 50.4 Å².